The highest BCUT2D eigenvalue weighted by atomic mass is 32.2. The van der Waals surface area contributed by atoms with Gasteiger partial charge in [-0.15, -0.1) is 0 Å². The first-order chi connectivity index (χ1) is 13.4. The summed E-state index contributed by atoms with van der Waals surface area (Å²) in [7, 11) is 0.529. The average Bonchev–Trinajstić information content (AvgIpc) is 2.69. The summed E-state index contributed by atoms with van der Waals surface area (Å²) in [5.41, 5.74) is 3.82. The normalized spacial score (nSPS) is 11.1. The molecule has 0 aliphatic carbocycles. The molecule has 0 bridgehead atoms. The van der Waals surface area contributed by atoms with E-state index in [2.05, 4.69) is 15.0 Å². The number of rotatable bonds is 8. The largest absolute Gasteiger partial charge is 0.378 e. The third-order valence-corrected chi connectivity index (χ3v) is 5.46. The van der Waals surface area contributed by atoms with Crippen molar-refractivity contribution < 1.29 is 8.42 Å². The summed E-state index contributed by atoms with van der Waals surface area (Å²) >= 11 is 0. The first-order valence-electron chi connectivity index (χ1n) is 8.96. The molecule has 0 amide bonds. The van der Waals surface area contributed by atoms with Crippen molar-refractivity contribution in [3.63, 3.8) is 0 Å². The lowest BCUT2D eigenvalue weighted by Crippen LogP contribution is -2.18. The Balaban J connectivity index is 1.57. The van der Waals surface area contributed by atoms with E-state index in [1.165, 1.54) is 0 Å². The topological polar surface area (TPSA) is 74.3 Å². The zero-order chi connectivity index (χ0) is 20.0. The highest BCUT2D eigenvalue weighted by Gasteiger charge is 2.11. The van der Waals surface area contributed by atoms with Crippen LogP contribution < -0.4 is 14.9 Å². The van der Waals surface area contributed by atoms with Crippen LogP contribution in [0.1, 0.15) is 5.56 Å². The number of aromatic nitrogens is 1. The van der Waals surface area contributed by atoms with Crippen LogP contribution in [0.25, 0.3) is 0 Å². The van der Waals surface area contributed by atoms with Gasteiger partial charge in [-0.2, -0.15) is 0 Å². The number of benzene rings is 2. The molecule has 0 saturated carbocycles. The highest BCUT2D eigenvalue weighted by Crippen LogP contribution is 2.20. The van der Waals surface area contributed by atoms with Crippen LogP contribution in [-0.2, 0) is 16.4 Å². The van der Waals surface area contributed by atoms with Crippen molar-refractivity contribution in [1.29, 1.82) is 0 Å². The number of sulfonamides is 1. The van der Waals surface area contributed by atoms with E-state index in [1.54, 1.807) is 18.3 Å². The molecule has 0 fully saturated rings. The van der Waals surface area contributed by atoms with Gasteiger partial charge in [0.15, 0.2) is 0 Å². The predicted molar refractivity (Wildman–Crippen MR) is 116 cm³/mol. The van der Waals surface area contributed by atoms with Crippen molar-refractivity contribution in [3.05, 3.63) is 78.5 Å². The lowest BCUT2D eigenvalue weighted by molar-refractivity contribution is 0.600. The van der Waals surface area contributed by atoms with Gasteiger partial charge in [0.25, 0.3) is 0 Å². The van der Waals surface area contributed by atoms with Gasteiger partial charge in [-0.3, -0.25) is 4.72 Å². The molecular weight excluding hydrogens is 372 g/mol. The Hall–Kier alpha value is -3.06. The molecule has 146 valence electrons. The molecule has 3 rings (SSSR count). The van der Waals surface area contributed by atoms with Crippen LogP contribution in [0.15, 0.2) is 72.9 Å². The molecule has 2 aromatic carbocycles. The number of pyridine rings is 1. The first-order valence-corrected chi connectivity index (χ1v) is 10.6. The summed E-state index contributed by atoms with van der Waals surface area (Å²) in [6.07, 6.45) is 2.06. The molecule has 0 aliphatic heterocycles. The highest BCUT2D eigenvalue weighted by molar-refractivity contribution is 7.92. The summed E-state index contributed by atoms with van der Waals surface area (Å²) in [5, 5.41) is 3.25. The number of nitrogens with one attached hydrogen (secondary N) is 2. The Morgan fingerprint density at radius 3 is 2.18 bits per heavy atom. The lowest BCUT2D eigenvalue weighted by Gasteiger charge is -2.13. The monoisotopic (exact) mass is 396 g/mol. The molecule has 0 atom stereocenters. The fraction of sp³-hybridized carbons (Fsp3) is 0.190. The molecule has 28 heavy (non-hydrogen) atoms. The first kappa shape index (κ1) is 19.7. The molecule has 0 saturated heterocycles. The molecule has 1 aromatic heterocycles. The number of hydrogen-bond donors (Lipinski definition) is 2. The second-order valence-electron chi connectivity index (χ2n) is 6.65. The van der Waals surface area contributed by atoms with Crippen LogP contribution >= 0.6 is 0 Å². The van der Waals surface area contributed by atoms with E-state index in [4.69, 9.17) is 0 Å². The van der Waals surface area contributed by atoms with E-state index >= 15 is 0 Å². The van der Waals surface area contributed by atoms with Crippen LogP contribution in [-0.4, -0.2) is 33.2 Å². The number of anilines is 4. The summed E-state index contributed by atoms with van der Waals surface area (Å²) in [6, 6.07) is 21.0. The summed E-state index contributed by atoms with van der Waals surface area (Å²) in [5.74, 6) is 0.318. The Labute approximate surface area is 166 Å². The van der Waals surface area contributed by atoms with Crippen molar-refractivity contribution in [3.8, 4) is 0 Å². The van der Waals surface area contributed by atoms with Crippen molar-refractivity contribution in [2.24, 2.45) is 0 Å². The van der Waals surface area contributed by atoms with Crippen LogP contribution in [0.2, 0.25) is 0 Å². The number of hydrogen-bond acceptors (Lipinski definition) is 5. The third-order valence-electron chi connectivity index (χ3n) is 4.20. The van der Waals surface area contributed by atoms with E-state index in [-0.39, 0.29) is 5.75 Å². The maximum Gasteiger partial charge on any atom is 0.234 e. The predicted octanol–water partition coefficient (Wildman–Crippen LogP) is 3.88. The minimum Gasteiger partial charge on any atom is -0.378 e. The van der Waals surface area contributed by atoms with Gasteiger partial charge in [-0.1, -0.05) is 30.3 Å². The zero-order valence-corrected chi connectivity index (χ0v) is 16.8. The second kappa shape index (κ2) is 8.75. The Kier molecular flexibility index (Phi) is 6.16. The molecule has 0 spiro atoms. The van der Waals surface area contributed by atoms with Gasteiger partial charge in [0.1, 0.15) is 5.82 Å². The summed E-state index contributed by atoms with van der Waals surface area (Å²) in [4.78, 5) is 6.23. The summed E-state index contributed by atoms with van der Waals surface area (Å²) in [6.45, 7) is 0. The summed E-state index contributed by atoms with van der Waals surface area (Å²) < 4.78 is 27.1. The van der Waals surface area contributed by atoms with Gasteiger partial charge in [0, 0.05) is 25.5 Å². The SMILES string of the molecule is CN(C)c1ccc(Nc2ccc(NS(=O)(=O)CCc3ccccc3)nc2)cc1. The van der Waals surface area contributed by atoms with E-state index in [0.29, 0.717) is 12.2 Å². The Bertz CT molecular complexity index is 987. The maximum atomic E-state index is 12.3. The Morgan fingerprint density at radius 1 is 0.893 bits per heavy atom. The third kappa shape index (κ3) is 5.72. The van der Waals surface area contributed by atoms with Crippen molar-refractivity contribution in [2.75, 3.05) is 34.8 Å². The van der Waals surface area contributed by atoms with Crippen molar-refractivity contribution in [2.45, 2.75) is 6.42 Å². The fourth-order valence-electron chi connectivity index (χ4n) is 2.64. The maximum absolute atomic E-state index is 12.3. The van der Waals surface area contributed by atoms with Gasteiger partial charge in [-0.05, 0) is 48.4 Å². The molecule has 3 aromatic rings. The molecule has 0 aliphatic rings. The van der Waals surface area contributed by atoms with Crippen LogP contribution in [0.5, 0.6) is 0 Å². The zero-order valence-electron chi connectivity index (χ0n) is 16.0. The molecule has 1 heterocycles. The molecule has 7 heteroatoms. The van der Waals surface area contributed by atoms with Crippen molar-refractivity contribution >= 4 is 32.9 Å². The van der Waals surface area contributed by atoms with Gasteiger partial charge in [0.05, 0.1) is 17.6 Å². The van der Waals surface area contributed by atoms with E-state index in [9.17, 15) is 8.42 Å². The standard InChI is InChI=1S/C21H24N4O2S/c1-25(2)20-11-8-18(9-12-20)23-19-10-13-21(22-16-19)24-28(26,27)15-14-17-6-4-3-5-7-17/h3-13,16,23H,14-15H2,1-2H3,(H,22,24). The van der Waals surface area contributed by atoms with Gasteiger partial charge in [-0.25, -0.2) is 13.4 Å². The molecule has 2 N–H and O–H groups in total. The minimum absolute atomic E-state index is 0.0108. The lowest BCUT2D eigenvalue weighted by atomic mass is 10.2. The Morgan fingerprint density at radius 2 is 1.57 bits per heavy atom. The smallest absolute Gasteiger partial charge is 0.234 e. The van der Waals surface area contributed by atoms with Crippen molar-refractivity contribution in [1.82, 2.24) is 4.98 Å². The number of nitrogens with zero attached hydrogens (tertiary/aromatic N) is 2. The number of aryl methyl sites for hydroxylation is 1. The fourth-order valence-corrected chi connectivity index (χ4v) is 3.69. The quantitative estimate of drug-likeness (QED) is 0.604. The van der Waals surface area contributed by atoms with Crippen LogP contribution in [0, 0.1) is 0 Å². The minimum atomic E-state index is -3.46. The molecule has 0 radical (unpaired) electrons. The van der Waals surface area contributed by atoms with Gasteiger partial charge >= 0.3 is 0 Å². The molecule has 6 nitrogen and oxygen atoms in total. The van der Waals surface area contributed by atoms with E-state index < -0.39 is 10.0 Å². The van der Waals surface area contributed by atoms with E-state index in [1.807, 2.05) is 73.6 Å². The van der Waals surface area contributed by atoms with E-state index in [0.717, 1.165) is 22.6 Å². The molecule has 0 unspecified atom stereocenters. The van der Waals surface area contributed by atoms with Crippen LogP contribution in [0.4, 0.5) is 22.9 Å². The van der Waals surface area contributed by atoms with Gasteiger partial charge in [0.2, 0.25) is 10.0 Å². The molecular formula is C21H24N4O2S. The average molecular weight is 397 g/mol. The van der Waals surface area contributed by atoms with Crippen LogP contribution in [0.3, 0.4) is 0 Å². The van der Waals surface area contributed by atoms with Gasteiger partial charge < -0.3 is 10.2 Å². The second-order valence-corrected chi connectivity index (χ2v) is 8.50.